The van der Waals surface area contributed by atoms with Crippen molar-refractivity contribution in [2.24, 2.45) is 5.92 Å². The molecule has 0 bridgehead atoms. The molecule has 0 saturated heterocycles. The maximum Gasteiger partial charge on any atom is 0.356 e. The van der Waals surface area contributed by atoms with Gasteiger partial charge in [0.2, 0.25) is 0 Å². The lowest BCUT2D eigenvalue weighted by Gasteiger charge is -2.23. The van der Waals surface area contributed by atoms with Crippen molar-refractivity contribution in [1.82, 2.24) is 10.3 Å². The fourth-order valence-electron chi connectivity index (χ4n) is 5.07. The summed E-state index contributed by atoms with van der Waals surface area (Å²) in [6.07, 6.45) is 10.1. The highest BCUT2D eigenvalue weighted by Gasteiger charge is 2.20. The second-order valence-corrected chi connectivity index (χ2v) is 10.8. The Morgan fingerprint density at radius 1 is 1.13 bits per heavy atom. The van der Waals surface area contributed by atoms with E-state index in [9.17, 15) is 9.59 Å². The van der Waals surface area contributed by atoms with Crippen LogP contribution in [0.5, 0.6) is 0 Å². The summed E-state index contributed by atoms with van der Waals surface area (Å²) in [5, 5.41) is 3.34. The van der Waals surface area contributed by atoms with E-state index in [2.05, 4.69) is 69.7 Å². The number of dihydropyridines is 1. The van der Waals surface area contributed by atoms with Crippen molar-refractivity contribution in [3.63, 3.8) is 0 Å². The summed E-state index contributed by atoms with van der Waals surface area (Å²) in [6, 6.07) is 7.57. The van der Waals surface area contributed by atoms with Crippen LogP contribution in [0.4, 0.5) is 0 Å². The van der Waals surface area contributed by atoms with Gasteiger partial charge in [0, 0.05) is 35.1 Å². The average molecular weight is 527 g/mol. The van der Waals surface area contributed by atoms with Crippen molar-refractivity contribution in [1.29, 1.82) is 0 Å². The molecular weight excluding hydrogens is 484 g/mol. The highest BCUT2D eigenvalue weighted by atomic mass is 16.5. The molecule has 1 aromatic carbocycles. The van der Waals surface area contributed by atoms with E-state index < -0.39 is 5.97 Å². The summed E-state index contributed by atoms with van der Waals surface area (Å²) in [7, 11) is 1.34. The predicted octanol–water partition coefficient (Wildman–Crippen LogP) is 8.37. The fraction of sp³-hybridized carbons (Fsp3) is 0.382. The van der Waals surface area contributed by atoms with Gasteiger partial charge in [0.25, 0.3) is 0 Å². The minimum atomic E-state index is -0.476. The van der Waals surface area contributed by atoms with Gasteiger partial charge in [-0.2, -0.15) is 0 Å². The van der Waals surface area contributed by atoms with Crippen LogP contribution in [-0.4, -0.2) is 23.8 Å². The van der Waals surface area contributed by atoms with Gasteiger partial charge in [0.15, 0.2) is 5.78 Å². The van der Waals surface area contributed by atoms with Crippen molar-refractivity contribution < 1.29 is 14.3 Å². The molecule has 0 fully saturated rings. The van der Waals surface area contributed by atoms with Crippen molar-refractivity contribution in [3.05, 3.63) is 94.1 Å². The number of esters is 1. The molecule has 2 heterocycles. The van der Waals surface area contributed by atoms with Gasteiger partial charge in [-0.05, 0) is 97.6 Å². The van der Waals surface area contributed by atoms with Crippen LogP contribution in [0.1, 0.15) is 98.7 Å². The van der Waals surface area contributed by atoms with Crippen molar-refractivity contribution in [2.45, 2.75) is 73.6 Å². The molecule has 1 N–H and O–H groups in total. The number of hydrogen-bond acceptors (Lipinski definition) is 5. The molecule has 0 amide bonds. The van der Waals surface area contributed by atoms with Crippen molar-refractivity contribution in [2.75, 3.05) is 7.11 Å². The number of benzene rings is 1. The molecular formula is C34H42N2O3. The van der Waals surface area contributed by atoms with E-state index in [1.54, 1.807) is 12.3 Å². The number of nitrogens with one attached hydrogen (secondary N) is 1. The number of carbonyl (C=O) groups excluding carboxylic acids is 2. The largest absolute Gasteiger partial charge is 0.464 e. The van der Waals surface area contributed by atoms with Gasteiger partial charge in [-0.25, -0.2) is 9.78 Å². The van der Waals surface area contributed by atoms with E-state index >= 15 is 0 Å². The quantitative estimate of drug-likeness (QED) is 0.235. The van der Waals surface area contributed by atoms with E-state index in [0.717, 1.165) is 69.6 Å². The first-order valence-electron chi connectivity index (χ1n) is 13.8. The molecule has 2 aromatic rings. The molecule has 206 valence electrons. The standard InChI is InChI=1S/C34H42N2O3/c1-9-10-26-18-24(6)36-25(7)29(26)14-16-32(37)30-19-28(27-13-15-31(35-20-27)34(38)39-8)17-23(5)33(30)22(4)12-11-21(2)3/h12-13,15,17-21,36H,7,9-11,14,16H2,1-6,8H3/b22-12-. The Bertz CT molecular complexity index is 1340. The molecule has 3 rings (SSSR count). The summed E-state index contributed by atoms with van der Waals surface area (Å²) in [6.45, 7) is 17.0. The molecule has 0 aliphatic carbocycles. The number of aromatic nitrogens is 1. The molecule has 1 aliphatic heterocycles. The number of rotatable bonds is 11. The first-order valence-corrected chi connectivity index (χ1v) is 13.8. The minimum Gasteiger partial charge on any atom is -0.464 e. The molecule has 0 saturated carbocycles. The number of carbonyl (C=O) groups is 2. The first kappa shape index (κ1) is 29.8. The molecule has 1 aromatic heterocycles. The third kappa shape index (κ3) is 7.44. The highest BCUT2D eigenvalue weighted by molar-refractivity contribution is 6.02. The van der Waals surface area contributed by atoms with Crippen LogP contribution in [0.3, 0.4) is 0 Å². The first-order chi connectivity index (χ1) is 18.5. The highest BCUT2D eigenvalue weighted by Crippen LogP contribution is 2.33. The van der Waals surface area contributed by atoms with E-state index in [-0.39, 0.29) is 11.5 Å². The lowest BCUT2D eigenvalue weighted by atomic mass is 9.86. The monoisotopic (exact) mass is 526 g/mol. The van der Waals surface area contributed by atoms with E-state index in [4.69, 9.17) is 4.74 Å². The lowest BCUT2D eigenvalue weighted by molar-refractivity contribution is 0.0594. The zero-order valence-corrected chi connectivity index (χ0v) is 24.5. The number of allylic oxidation sites excluding steroid dienone is 6. The zero-order chi connectivity index (χ0) is 28.7. The van der Waals surface area contributed by atoms with E-state index in [1.165, 1.54) is 12.7 Å². The number of hydrogen-bond donors (Lipinski definition) is 1. The number of Topliss-reactive ketones (excluding diaryl/α,β-unsaturated/α-hetero) is 1. The zero-order valence-electron chi connectivity index (χ0n) is 24.5. The Balaban J connectivity index is 2.03. The molecule has 0 unspecified atom stereocenters. The third-order valence-corrected chi connectivity index (χ3v) is 7.03. The van der Waals surface area contributed by atoms with Crippen molar-refractivity contribution >= 4 is 17.3 Å². The van der Waals surface area contributed by atoms with Crippen LogP contribution in [0.15, 0.2) is 71.7 Å². The summed E-state index contributed by atoms with van der Waals surface area (Å²) < 4.78 is 4.78. The molecule has 1 aliphatic rings. The van der Waals surface area contributed by atoms with Crippen LogP contribution in [0, 0.1) is 12.8 Å². The van der Waals surface area contributed by atoms with E-state index in [1.807, 2.05) is 19.1 Å². The Kier molecular flexibility index (Phi) is 10.2. The van der Waals surface area contributed by atoms with Gasteiger partial charge in [0.05, 0.1) is 7.11 Å². The molecule has 0 spiro atoms. The number of methoxy groups -OCH3 is 1. The number of pyridine rings is 1. The molecule has 39 heavy (non-hydrogen) atoms. The fourth-order valence-corrected chi connectivity index (χ4v) is 5.07. The van der Waals surface area contributed by atoms with Crippen LogP contribution >= 0.6 is 0 Å². The number of nitrogens with zero attached hydrogens (tertiary/aromatic N) is 1. The van der Waals surface area contributed by atoms with Crippen molar-refractivity contribution in [3.8, 4) is 11.1 Å². The molecule has 5 heteroatoms. The Hall–Kier alpha value is -3.73. The molecule has 5 nitrogen and oxygen atoms in total. The topological polar surface area (TPSA) is 68.3 Å². The Labute approximate surface area is 233 Å². The van der Waals surface area contributed by atoms with Crippen LogP contribution < -0.4 is 5.32 Å². The average Bonchev–Trinajstić information content (AvgIpc) is 2.90. The number of aryl methyl sites for hydroxylation is 1. The predicted molar refractivity (Wildman–Crippen MR) is 160 cm³/mol. The molecule has 0 radical (unpaired) electrons. The van der Waals surface area contributed by atoms with Crippen LogP contribution in [0.2, 0.25) is 0 Å². The molecule has 0 atom stereocenters. The maximum atomic E-state index is 13.9. The second kappa shape index (κ2) is 13.4. The summed E-state index contributed by atoms with van der Waals surface area (Å²) in [4.78, 5) is 30.0. The van der Waals surface area contributed by atoms with Gasteiger partial charge in [-0.3, -0.25) is 4.79 Å². The summed E-state index contributed by atoms with van der Waals surface area (Å²) in [5.41, 5.74) is 10.2. The number of ether oxygens (including phenoxy) is 1. The van der Waals surface area contributed by atoms with Crippen LogP contribution in [0.25, 0.3) is 16.7 Å². The maximum absolute atomic E-state index is 13.9. The van der Waals surface area contributed by atoms with Gasteiger partial charge >= 0.3 is 5.97 Å². The Morgan fingerprint density at radius 3 is 2.49 bits per heavy atom. The third-order valence-electron chi connectivity index (χ3n) is 7.03. The lowest BCUT2D eigenvalue weighted by Crippen LogP contribution is -2.18. The van der Waals surface area contributed by atoms with Gasteiger partial charge in [0.1, 0.15) is 5.69 Å². The van der Waals surface area contributed by atoms with Gasteiger partial charge in [-0.15, -0.1) is 0 Å². The van der Waals surface area contributed by atoms with Gasteiger partial charge in [-0.1, -0.05) is 52.0 Å². The summed E-state index contributed by atoms with van der Waals surface area (Å²) >= 11 is 0. The SMILES string of the molecule is C=C1NC(C)=CC(CCC)=C1CCC(=O)c1cc(-c2ccc(C(=O)OC)nc2)cc(C)c1/C(C)=C\CC(C)C. The van der Waals surface area contributed by atoms with Crippen LogP contribution in [-0.2, 0) is 4.74 Å². The van der Waals surface area contributed by atoms with E-state index in [0.29, 0.717) is 18.8 Å². The smallest absolute Gasteiger partial charge is 0.356 e. The Morgan fingerprint density at radius 2 is 1.87 bits per heavy atom. The normalized spacial score (nSPS) is 13.9. The summed E-state index contributed by atoms with van der Waals surface area (Å²) in [5.74, 6) is 0.160. The minimum absolute atomic E-state index is 0.105. The number of ketones is 1. The second-order valence-electron chi connectivity index (χ2n) is 10.8. The van der Waals surface area contributed by atoms with Gasteiger partial charge < -0.3 is 10.1 Å².